The normalized spacial score (nSPS) is 13.3. The Bertz CT molecular complexity index is 1860. The first-order valence-electron chi connectivity index (χ1n) is 28.7. The van der Waals surface area contributed by atoms with Crippen LogP contribution in [-0.4, -0.2) is 19.9 Å². The van der Waals surface area contributed by atoms with E-state index in [0.717, 1.165) is 58.5 Å². The molecule has 8 bridgehead atoms. The van der Waals surface area contributed by atoms with Gasteiger partial charge in [-0.05, 0) is 104 Å². The Balaban J connectivity index is 1.35. The molecule has 3 aromatic heterocycles. The molecule has 4 nitrogen and oxygen atoms in total. The van der Waals surface area contributed by atoms with Crippen molar-refractivity contribution in [2.75, 3.05) is 0 Å². The van der Waals surface area contributed by atoms with Gasteiger partial charge in [-0.3, -0.25) is 0 Å². The highest BCUT2D eigenvalue weighted by Gasteiger charge is 2.17. The van der Waals surface area contributed by atoms with E-state index in [-0.39, 0.29) is 0 Å². The van der Waals surface area contributed by atoms with Gasteiger partial charge in [0.15, 0.2) is 0 Å². The summed E-state index contributed by atoms with van der Waals surface area (Å²) in [7, 11) is 0. The minimum absolute atomic E-state index is 0.766. The molecular weight excluding hydrogens is 801 g/mol. The van der Waals surface area contributed by atoms with Crippen molar-refractivity contribution in [3.63, 3.8) is 0 Å². The summed E-state index contributed by atoms with van der Waals surface area (Å²) in [6.45, 7) is 9.28. The smallest absolute Gasteiger partial charge is 0.0691 e. The number of rotatable bonds is 38. The molecule has 0 saturated heterocycles. The van der Waals surface area contributed by atoms with Gasteiger partial charge < -0.3 is 9.97 Å². The maximum absolute atomic E-state index is 5.31. The highest BCUT2D eigenvalue weighted by Crippen LogP contribution is 2.30. The summed E-state index contributed by atoms with van der Waals surface area (Å²) in [5.41, 5.74) is 11.7. The Morgan fingerprint density at radius 2 is 0.667 bits per heavy atom. The van der Waals surface area contributed by atoms with E-state index >= 15 is 0 Å². The fourth-order valence-electron chi connectivity index (χ4n) is 10.8. The Labute approximate surface area is 405 Å². The molecule has 0 spiro atoms. The molecule has 0 aliphatic carbocycles. The lowest BCUT2D eigenvalue weighted by Gasteiger charge is -2.18. The van der Waals surface area contributed by atoms with Crippen LogP contribution in [0.4, 0.5) is 0 Å². The lowest BCUT2D eigenvalue weighted by molar-refractivity contribution is 0.380. The zero-order valence-corrected chi connectivity index (χ0v) is 43.3. The predicted molar refractivity (Wildman–Crippen MR) is 293 cm³/mol. The highest BCUT2D eigenvalue weighted by molar-refractivity contribution is 5.80. The van der Waals surface area contributed by atoms with E-state index in [1.165, 1.54) is 240 Å². The van der Waals surface area contributed by atoms with Gasteiger partial charge in [0.05, 0.1) is 22.8 Å². The van der Waals surface area contributed by atoms with Gasteiger partial charge in [-0.1, -0.05) is 233 Å². The van der Waals surface area contributed by atoms with Crippen LogP contribution in [0.15, 0.2) is 36.4 Å². The van der Waals surface area contributed by atoms with Crippen molar-refractivity contribution < 1.29 is 0 Å². The van der Waals surface area contributed by atoms with Crippen LogP contribution in [0.25, 0.3) is 46.4 Å². The molecule has 2 atom stereocenters. The van der Waals surface area contributed by atoms with Crippen LogP contribution in [0.5, 0.6) is 0 Å². The van der Waals surface area contributed by atoms with Crippen LogP contribution < -0.4 is 0 Å². The molecule has 3 aromatic rings. The average molecular weight is 899 g/mol. The van der Waals surface area contributed by atoms with E-state index in [0.29, 0.717) is 0 Å². The molecule has 4 heteroatoms. The Morgan fingerprint density at radius 1 is 0.348 bits per heavy atom. The number of fused-ring (bicyclic) bond motifs is 8. The van der Waals surface area contributed by atoms with Gasteiger partial charge in [-0.25, -0.2) is 9.97 Å². The van der Waals surface area contributed by atoms with Crippen molar-refractivity contribution in [1.29, 1.82) is 0 Å². The van der Waals surface area contributed by atoms with E-state index in [1.54, 1.807) is 0 Å². The molecule has 5 rings (SSSR count). The van der Waals surface area contributed by atoms with Crippen LogP contribution in [0.1, 0.15) is 280 Å². The number of hydrogen-bond donors (Lipinski definition) is 2. The zero-order valence-electron chi connectivity index (χ0n) is 43.3. The maximum atomic E-state index is 5.31. The number of aromatic nitrogens is 4. The summed E-state index contributed by atoms with van der Waals surface area (Å²) in [6.07, 6.45) is 57.8. The van der Waals surface area contributed by atoms with Crippen LogP contribution in [0, 0.1) is 11.8 Å². The fraction of sp³-hybridized carbons (Fsp3) is 0.677. The average Bonchev–Trinajstić information content (AvgIpc) is 4.18. The number of nitrogens with zero attached hydrogens (tertiary/aromatic N) is 2. The standard InChI is InChI=1S/C62H98N4/c1-5-9-13-17-21-23-27-31-35-51(33-29-25-19-15-11-7-3)37-43-57-59-45-39-53(63-59)49-55-41-47-61(65-55)58(62-48-42-56(66-62)50-54-40-46-60(57)64-54)44-38-52(34-30-26-20-16-12-8-4)36-32-28-24-22-18-14-10-6-2/h39-42,45-52,63-64H,5-38,43-44H2,1-4H3. The predicted octanol–water partition coefficient (Wildman–Crippen LogP) is 20.3. The lowest BCUT2D eigenvalue weighted by Crippen LogP contribution is -2.05. The van der Waals surface area contributed by atoms with Crippen molar-refractivity contribution in [1.82, 2.24) is 19.9 Å². The molecule has 0 amide bonds. The third-order valence-corrected chi connectivity index (χ3v) is 15.1. The monoisotopic (exact) mass is 899 g/mol. The van der Waals surface area contributed by atoms with Crippen molar-refractivity contribution in [3.05, 3.63) is 70.3 Å². The number of unbranched alkanes of at least 4 members (excludes halogenated alkanes) is 24. The van der Waals surface area contributed by atoms with E-state index in [1.807, 2.05) is 0 Å². The first-order valence-corrected chi connectivity index (χ1v) is 28.7. The first kappa shape index (κ1) is 53.6. The quantitative estimate of drug-likeness (QED) is 0.0388. The number of H-pyrrole nitrogens is 2. The summed E-state index contributed by atoms with van der Waals surface area (Å²) >= 11 is 0. The molecule has 0 radical (unpaired) electrons. The van der Waals surface area contributed by atoms with Crippen LogP contribution >= 0.6 is 0 Å². The zero-order chi connectivity index (χ0) is 46.3. The molecular formula is C62H98N4. The molecule has 2 aliphatic heterocycles. The number of aromatic amines is 2. The van der Waals surface area contributed by atoms with Gasteiger partial charge >= 0.3 is 0 Å². The Morgan fingerprint density at radius 3 is 1.02 bits per heavy atom. The minimum Gasteiger partial charge on any atom is -0.355 e. The molecule has 0 fully saturated rings. The molecule has 66 heavy (non-hydrogen) atoms. The van der Waals surface area contributed by atoms with Crippen molar-refractivity contribution in [2.24, 2.45) is 11.8 Å². The number of nitrogens with one attached hydrogen (secondary N) is 2. The second-order valence-electron chi connectivity index (χ2n) is 20.9. The summed E-state index contributed by atoms with van der Waals surface area (Å²) < 4.78 is 0. The second kappa shape index (κ2) is 33.2. The van der Waals surface area contributed by atoms with Crippen LogP contribution in [0.2, 0.25) is 0 Å². The minimum atomic E-state index is 0.766. The molecule has 5 heterocycles. The second-order valence-corrected chi connectivity index (χ2v) is 20.9. The molecule has 2 unspecified atom stereocenters. The van der Waals surface area contributed by atoms with Crippen LogP contribution in [0.3, 0.4) is 0 Å². The van der Waals surface area contributed by atoms with Gasteiger partial charge in [0.25, 0.3) is 0 Å². The van der Waals surface area contributed by atoms with Crippen LogP contribution in [-0.2, 0) is 12.8 Å². The third kappa shape index (κ3) is 20.4. The highest BCUT2D eigenvalue weighted by atomic mass is 14.8. The summed E-state index contributed by atoms with van der Waals surface area (Å²) in [5.74, 6) is 1.55. The Kier molecular flexibility index (Phi) is 26.9. The van der Waals surface area contributed by atoms with Gasteiger partial charge in [0.2, 0.25) is 0 Å². The van der Waals surface area contributed by atoms with E-state index < -0.39 is 0 Å². The van der Waals surface area contributed by atoms with Gasteiger partial charge in [0.1, 0.15) is 0 Å². The summed E-state index contributed by atoms with van der Waals surface area (Å²) in [5, 5.41) is 0. The van der Waals surface area contributed by atoms with Gasteiger partial charge in [-0.2, -0.15) is 0 Å². The largest absolute Gasteiger partial charge is 0.355 e. The molecule has 0 saturated carbocycles. The summed E-state index contributed by atoms with van der Waals surface area (Å²) in [6, 6.07) is 13.7. The van der Waals surface area contributed by atoms with Crippen molar-refractivity contribution >= 4 is 46.4 Å². The van der Waals surface area contributed by atoms with Gasteiger partial charge in [-0.15, -0.1) is 0 Å². The van der Waals surface area contributed by atoms with E-state index in [9.17, 15) is 0 Å². The SMILES string of the molecule is CCCCCCCCCCC(CCCCCCCC)CCc1c2nc(cc3ccc([nH]3)c(CCC(CCCCCCCC)CCCCCCCCCC)c3ccc(cc4nc1C=C4)[nH]3)C=C2. The van der Waals surface area contributed by atoms with E-state index in [2.05, 4.69) is 98.4 Å². The van der Waals surface area contributed by atoms with E-state index in [4.69, 9.17) is 9.97 Å². The summed E-state index contributed by atoms with van der Waals surface area (Å²) in [4.78, 5) is 18.4. The number of hydrogen-bond acceptors (Lipinski definition) is 2. The molecule has 366 valence electrons. The van der Waals surface area contributed by atoms with Gasteiger partial charge in [0, 0.05) is 27.6 Å². The van der Waals surface area contributed by atoms with Crippen molar-refractivity contribution in [3.8, 4) is 0 Å². The van der Waals surface area contributed by atoms with Crippen molar-refractivity contribution in [2.45, 2.75) is 259 Å². The first-order chi connectivity index (χ1) is 32.6. The third-order valence-electron chi connectivity index (χ3n) is 15.1. The lowest BCUT2D eigenvalue weighted by atomic mass is 9.88. The topological polar surface area (TPSA) is 57.4 Å². The maximum Gasteiger partial charge on any atom is 0.0691 e. The molecule has 2 N–H and O–H groups in total. The number of aryl methyl sites for hydroxylation is 1. The molecule has 2 aliphatic rings. The Hall–Kier alpha value is -3.40. The molecule has 0 aromatic carbocycles. The fourth-order valence-corrected chi connectivity index (χ4v) is 10.8.